The molecule has 0 bridgehead atoms. The van der Waals surface area contributed by atoms with E-state index in [2.05, 4.69) is 34.6 Å². The molecule has 55 heavy (non-hydrogen) atoms. The van der Waals surface area contributed by atoms with Crippen LogP contribution in [0.3, 0.4) is 0 Å². The molecule has 0 spiro atoms. The van der Waals surface area contributed by atoms with Gasteiger partial charge in [-0.05, 0) is 31.1 Å². The number of carbonyl (C=O) groups is 3. The molecule has 1 atom stereocenters. The normalized spacial score (nSPS) is 12.1. The SMILES string of the molecule is CCCCCCCCCCCCC(=O)OC[C@H](COC(=O)CCCCCCCCCCCCCCCCC(C)C)OC(=O)CCCCCCCCCC(C)C. The summed E-state index contributed by atoms with van der Waals surface area (Å²) >= 11 is 0. The van der Waals surface area contributed by atoms with Crippen LogP contribution in [0, 0.1) is 11.8 Å². The third kappa shape index (κ3) is 43.4. The van der Waals surface area contributed by atoms with Crippen molar-refractivity contribution in [3.63, 3.8) is 0 Å². The topological polar surface area (TPSA) is 78.9 Å². The number of hydrogen-bond acceptors (Lipinski definition) is 6. The second kappa shape index (κ2) is 42.0. The highest BCUT2D eigenvalue weighted by Crippen LogP contribution is 2.17. The Morgan fingerprint density at radius 1 is 0.345 bits per heavy atom. The maximum atomic E-state index is 12.7. The van der Waals surface area contributed by atoms with E-state index in [1.54, 1.807) is 0 Å². The van der Waals surface area contributed by atoms with Gasteiger partial charge in [0.2, 0.25) is 0 Å². The molecule has 0 N–H and O–H groups in total. The smallest absolute Gasteiger partial charge is 0.306 e. The van der Waals surface area contributed by atoms with Crippen LogP contribution in [0.4, 0.5) is 0 Å². The number of ether oxygens (including phenoxy) is 3. The molecular weight excluding hydrogens is 685 g/mol. The standard InChI is InChI=1S/C49H94O6/c1-6-7-8-9-10-11-19-24-29-34-39-47(50)53-42-46(55-49(52)41-36-31-26-21-23-28-33-38-45(4)5)43-54-48(51)40-35-30-25-20-17-15-13-12-14-16-18-22-27-32-37-44(2)3/h44-46H,6-43H2,1-5H3/t46-/m1/s1. The molecule has 0 rings (SSSR count). The first-order chi connectivity index (χ1) is 26.7. The molecule has 0 aromatic heterocycles. The molecule has 0 amide bonds. The van der Waals surface area contributed by atoms with Crippen molar-refractivity contribution in [1.82, 2.24) is 0 Å². The van der Waals surface area contributed by atoms with Gasteiger partial charge in [0.05, 0.1) is 0 Å². The molecular formula is C49H94O6. The van der Waals surface area contributed by atoms with Gasteiger partial charge in [0.25, 0.3) is 0 Å². The summed E-state index contributed by atoms with van der Waals surface area (Å²) in [6, 6.07) is 0. The number of unbranched alkanes of at least 4 members (excludes halogenated alkanes) is 28. The van der Waals surface area contributed by atoms with E-state index >= 15 is 0 Å². The molecule has 0 fully saturated rings. The summed E-state index contributed by atoms with van der Waals surface area (Å²) in [4.78, 5) is 37.7. The number of carbonyl (C=O) groups excluding carboxylic acids is 3. The molecule has 0 saturated carbocycles. The fourth-order valence-corrected chi connectivity index (χ4v) is 7.28. The average Bonchev–Trinajstić information content (AvgIpc) is 3.15. The summed E-state index contributed by atoms with van der Waals surface area (Å²) in [6.45, 7) is 11.3. The lowest BCUT2D eigenvalue weighted by Gasteiger charge is -2.18. The lowest BCUT2D eigenvalue weighted by molar-refractivity contribution is -0.167. The van der Waals surface area contributed by atoms with Crippen LogP contribution >= 0.6 is 0 Å². The largest absolute Gasteiger partial charge is 0.462 e. The number of esters is 3. The van der Waals surface area contributed by atoms with Crippen LogP contribution in [-0.4, -0.2) is 37.2 Å². The van der Waals surface area contributed by atoms with Gasteiger partial charge >= 0.3 is 17.9 Å². The van der Waals surface area contributed by atoms with Crippen LogP contribution in [0.1, 0.15) is 266 Å². The van der Waals surface area contributed by atoms with Crippen LogP contribution in [0.5, 0.6) is 0 Å². The zero-order valence-electron chi connectivity index (χ0n) is 37.6. The Labute approximate surface area is 342 Å². The third-order valence-electron chi connectivity index (χ3n) is 11.0. The molecule has 0 aromatic carbocycles. The predicted molar refractivity (Wildman–Crippen MR) is 233 cm³/mol. The van der Waals surface area contributed by atoms with Crippen molar-refractivity contribution in [2.45, 2.75) is 272 Å². The van der Waals surface area contributed by atoms with Crippen LogP contribution < -0.4 is 0 Å². The molecule has 6 heteroatoms. The summed E-state index contributed by atoms with van der Waals surface area (Å²) in [5.41, 5.74) is 0. The van der Waals surface area contributed by atoms with Crippen molar-refractivity contribution in [2.75, 3.05) is 13.2 Å². The van der Waals surface area contributed by atoms with Crippen LogP contribution in [0.25, 0.3) is 0 Å². The van der Waals surface area contributed by atoms with Gasteiger partial charge in [0.1, 0.15) is 13.2 Å². The Hall–Kier alpha value is -1.59. The minimum atomic E-state index is -0.760. The van der Waals surface area contributed by atoms with Gasteiger partial charge in [-0.2, -0.15) is 0 Å². The molecule has 326 valence electrons. The van der Waals surface area contributed by atoms with E-state index in [-0.39, 0.29) is 31.1 Å². The second-order valence-electron chi connectivity index (χ2n) is 17.7. The monoisotopic (exact) mass is 779 g/mol. The van der Waals surface area contributed by atoms with Crippen molar-refractivity contribution in [1.29, 1.82) is 0 Å². The Morgan fingerprint density at radius 3 is 0.891 bits per heavy atom. The minimum absolute atomic E-state index is 0.0649. The molecule has 0 aromatic rings. The highest BCUT2D eigenvalue weighted by atomic mass is 16.6. The summed E-state index contributed by atoms with van der Waals surface area (Å²) < 4.78 is 16.7. The molecule has 0 aliphatic carbocycles. The fourth-order valence-electron chi connectivity index (χ4n) is 7.28. The van der Waals surface area contributed by atoms with Crippen molar-refractivity contribution < 1.29 is 28.6 Å². The summed E-state index contributed by atoms with van der Waals surface area (Å²) in [7, 11) is 0. The zero-order valence-corrected chi connectivity index (χ0v) is 37.6. The maximum Gasteiger partial charge on any atom is 0.306 e. The zero-order chi connectivity index (χ0) is 40.5. The second-order valence-corrected chi connectivity index (χ2v) is 17.7. The van der Waals surface area contributed by atoms with Gasteiger partial charge in [0, 0.05) is 19.3 Å². The van der Waals surface area contributed by atoms with E-state index in [0.717, 1.165) is 69.6 Å². The third-order valence-corrected chi connectivity index (χ3v) is 11.0. The Kier molecular flexibility index (Phi) is 40.8. The average molecular weight is 779 g/mol. The lowest BCUT2D eigenvalue weighted by Crippen LogP contribution is -2.30. The Bertz CT molecular complexity index is 839. The molecule has 0 heterocycles. The molecule has 0 radical (unpaired) electrons. The summed E-state index contributed by atoms with van der Waals surface area (Å²) in [5.74, 6) is 0.766. The van der Waals surface area contributed by atoms with Gasteiger partial charge in [-0.1, -0.05) is 227 Å². The Balaban J connectivity index is 4.25. The quantitative estimate of drug-likeness (QED) is 0.0348. The molecule has 6 nitrogen and oxygen atoms in total. The molecule has 0 saturated heterocycles. The van der Waals surface area contributed by atoms with Crippen molar-refractivity contribution in [3.8, 4) is 0 Å². The first kappa shape index (κ1) is 53.4. The van der Waals surface area contributed by atoms with E-state index in [0.29, 0.717) is 19.3 Å². The lowest BCUT2D eigenvalue weighted by atomic mass is 10.0. The van der Waals surface area contributed by atoms with Gasteiger partial charge in [-0.3, -0.25) is 14.4 Å². The van der Waals surface area contributed by atoms with E-state index < -0.39 is 6.10 Å². The van der Waals surface area contributed by atoms with E-state index in [4.69, 9.17) is 14.2 Å². The van der Waals surface area contributed by atoms with Crippen molar-refractivity contribution in [2.24, 2.45) is 11.8 Å². The predicted octanol–water partition coefficient (Wildman–Crippen LogP) is 15.4. The number of rotatable bonds is 43. The van der Waals surface area contributed by atoms with E-state index in [1.165, 1.54) is 154 Å². The van der Waals surface area contributed by atoms with Gasteiger partial charge < -0.3 is 14.2 Å². The Morgan fingerprint density at radius 2 is 0.600 bits per heavy atom. The van der Waals surface area contributed by atoms with Gasteiger partial charge in [-0.15, -0.1) is 0 Å². The van der Waals surface area contributed by atoms with Gasteiger partial charge in [-0.25, -0.2) is 0 Å². The fraction of sp³-hybridized carbons (Fsp3) is 0.939. The van der Waals surface area contributed by atoms with Crippen LogP contribution in [0.15, 0.2) is 0 Å². The van der Waals surface area contributed by atoms with E-state index in [9.17, 15) is 14.4 Å². The van der Waals surface area contributed by atoms with Crippen molar-refractivity contribution >= 4 is 17.9 Å². The molecule has 0 aliphatic rings. The first-order valence-corrected chi connectivity index (χ1v) is 24.2. The van der Waals surface area contributed by atoms with E-state index in [1.807, 2.05) is 0 Å². The summed E-state index contributed by atoms with van der Waals surface area (Å²) in [6.07, 6.45) is 41.0. The summed E-state index contributed by atoms with van der Waals surface area (Å²) in [5, 5.41) is 0. The van der Waals surface area contributed by atoms with Gasteiger partial charge in [0.15, 0.2) is 6.10 Å². The maximum absolute atomic E-state index is 12.7. The van der Waals surface area contributed by atoms with Crippen LogP contribution in [0.2, 0.25) is 0 Å². The highest BCUT2D eigenvalue weighted by molar-refractivity contribution is 5.71. The molecule has 0 aliphatic heterocycles. The molecule has 0 unspecified atom stereocenters. The number of hydrogen-bond donors (Lipinski definition) is 0. The van der Waals surface area contributed by atoms with Crippen molar-refractivity contribution in [3.05, 3.63) is 0 Å². The minimum Gasteiger partial charge on any atom is -0.462 e. The first-order valence-electron chi connectivity index (χ1n) is 24.2. The van der Waals surface area contributed by atoms with Crippen LogP contribution in [-0.2, 0) is 28.6 Å². The highest BCUT2D eigenvalue weighted by Gasteiger charge is 2.19.